The SMILES string of the molecule is CC(C)(C)OC(=O)C(c1cc(Br)ccc1F)n1cccc(-c2ccccc2)c1=O. The molecule has 1 unspecified atom stereocenters. The van der Waals surface area contributed by atoms with Gasteiger partial charge in [-0.05, 0) is 56.7 Å². The first kappa shape index (κ1) is 21.0. The highest BCUT2D eigenvalue weighted by molar-refractivity contribution is 9.10. The van der Waals surface area contributed by atoms with E-state index >= 15 is 0 Å². The molecule has 0 saturated carbocycles. The molecule has 1 heterocycles. The van der Waals surface area contributed by atoms with E-state index in [-0.39, 0.29) is 5.56 Å². The maximum Gasteiger partial charge on any atom is 0.334 e. The van der Waals surface area contributed by atoms with Gasteiger partial charge in [0.1, 0.15) is 11.4 Å². The summed E-state index contributed by atoms with van der Waals surface area (Å²) < 4.78 is 22.0. The summed E-state index contributed by atoms with van der Waals surface area (Å²) in [7, 11) is 0. The van der Waals surface area contributed by atoms with Gasteiger partial charge in [0, 0.05) is 21.8 Å². The van der Waals surface area contributed by atoms with Gasteiger partial charge in [-0.15, -0.1) is 0 Å². The van der Waals surface area contributed by atoms with Gasteiger partial charge in [0.05, 0.1) is 0 Å². The van der Waals surface area contributed by atoms with Crippen LogP contribution in [0.4, 0.5) is 4.39 Å². The molecule has 0 amide bonds. The quantitative estimate of drug-likeness (QED) is 0.496. The second-order valence-corrected chi connectivity index (χ2v) is 8.52. The monoisotopic (exact) mass is 457 g/mol. The molecule has 0 aliphatic heterocycles. The number of halogens is 2. The minimum Gasteiger partial charge on any atom is -0.458 e. The number of hydrogen-bond donors (Lipinski definition) is 0. The third kappa shape index (κ3) is 4.82. The first-order valence-electron chi connectivity index (χ1n) is 9.12. The molecule has 0 N–H and O–H groups in total. The van der Waals surface area contributed by atoms with Gasteiger partial charge in [-0.1, -0.05) is 46.3 Å². The number of esters is 1. The molecule has 0 saturated heterocycles. The van der Waals surface area contributed by atoms with E-state index in [9.17, 15) is 14.0 Å². The minimum absolute atomic E-state index is 0.0564. The molecule has 2 aromatic carbocycles. The Morgan fingerprint density at radius 3 is 2.41 bits per heavy atom. The Balaban J connectivity index is 2.21. The topological polar surface area (TPSA) is 48.3 Å². The van der Waals surface area contributed by atoms with E-state index < -0.39 is 29.0 Å². The molecule has 6 heteroatoms. The Morgan fingerprint density at radius 1 is 1.07 bits per heavy atom. The highest BCUT2D eigenvalue weighted by Gasteiger charge is 2.31. The lowest BCUT2D eigenvalue weighted by atomic mass is 10.0. The largest absolute Gasteiger partial charge is 0.458 e. The predicted octanol–water partition coefficient (Wildman–Crippen LogP) is 5.35. The molecule has 0 fully saturated rings. The lowest BCUT2D eigenvalue weighted by Crippen LogP contribution is -2.36. The van der Waals surface area contributed by atoms with Gasteiger partial charge in [-0.3, -0.25) is 9.36 Å². The summed E-state index contributed by atoms with van der Waals surface area (Å²) in [6, 6.07) is 15.5. The predicted molar refractivity (Wildman–Crippen MR) is 114 cm³/mol. The van der Waals surface area contributed by atoms with Crippen molar-refractivity contribution >= 4 is 21.9 Å². The van der Waals surface area contributed by atoms with E-state index in [1.165, 1.54) is 29.0 Å². The Labute approximate surface area is 177 Å². The third-order valence-corrected chi connectivity index (χ3v) is 4.71. The van der Waals surface area contributed by atoms with Crippen molar-refractivity contribution in [3.8, 4) is 11.1 Å². The maximum atomic E-state index is 14.7. The molecule has 0 bridgehead atoms. The third-order valence-electron chi connectivity index (χ3n) is 4.22. The lowest BCUT2D eigenvalue weighted by Gasteiger charge is -2.26. The van der Waals surface area contributed by atoms with Gasteiger partial charge in [0.2, 0.25) is 0 Å². The van der Waals surface area contributed by atoms with Crippen molar-refractivity contribution < 1.29 is 13.9 Å². The van der Waals surface area contributed by atoms with Crippen LogP contribution in [0.1, 0.15) is 32.4 Å². The van der Waals surface area contributed by atoms with Gasteiger partial charge < -0.3 is 4.74 Å². The molecule has 0 spiro atoms. The van der Waals surface area contributed by atoms with Crippen LogP contribution in [0.2, 0.25) is 0 Å². The van der Waals surface area contributed by atoms with Crippen LogP contribution in [-0.2, 0) is 9.53 Å². The molecular formula is C23H21BrFNO3. The molecule has 150 valence electrons. The highest BCUT2D eigenvalue weighted by atomic mass is 79.9. The summed E-state index contributed by atoms with van der Waals surface area (Å²) in [5, 5.41) is 0. The standard InChI is InChI=1S/C23H21BrFNO3/c1-23(2,3)29-22(28)20(18-14-16(24)11-12-19(18)25)26-13-7-10-17(21(26)27)15-8-5-4-6-9-15/h4-14,20H,1-3H3. The number of pyridine rings is 1. The van der Waals surface area contributed by atoms with E-state index in [0.717, 1.165) is 0 Å². The number of ether oxygens (including phenoxy) is 1. The summed E-state index contributed by atoms with van der Waals surface area (Å²) in [5.41, 5.74) is -0.0187. The zero-order valence-corrected chi connectivity index (χ0v) is 17.9. The average Bonchev–Trinajstić information content (AvgIpc) is 2.65. The summed E-state index contributed by atoms with van der Waals surface area (Å²) in [6.45, 7) is 5.17. The van der Waals surface area contributed by atoms with Gasteiger partial charge in [0.25, 0.3) is 5.56 Å². The fourth-order valence-corrected chi connectivity index (χ4v) is 3.40. The smallest absolute Gasteiger partial charge is 0.334 e. The molecule has 3 aromatic rings. The van der Waals surface area contributed by atoms with E-state index in [4.69, 9.17) is 4.74 Å². The highest BCUT2D eigenvalue weighted by Crippen LogP contribution is 2.28. The molecule has 3 rings (SSSR count). The van der Waals surface area contributed by atoms with Crippen molar-refractivity contribution in [1.29, 1.82) is 0 Å². The Kier molecular flexibility index (Phi) is 6.03. The number of carbonyl (C=O) groups excluding carboxylic acids is 1. The molecular weight excluding hydrogens is 437 g/mol. The number of benzene rings is 2. The van der Waals surface area contributed by atoms with Crippen molar-refractivity contribution in [2.45, 2.75) is 32.4 Å². The van der Waals surface area contributed by atoms with Crippen LogP contribution in [0.5, 0.6) is 0 Å². The van der Waals surface area contributed by atoms with Crippen molar-refractivity contribution in [2.75, 3.05) is 0 Å². The van der Waals surface area contributed by atoms with Crippen LogP contribution < -0.4 is 5.56 Å². The first-order chi connectivity index (χ1) is 13.7. The molecule has 0 aliphatic carbocycles. The number of hydrogen-bond acceptors (Lipinski definition) is 3. The zero-order chi connectivity index (χ0) is 21.2. The number of rotatable bonds is 4. The Bertz CT molecular complexity index is 1090. The van der Waals surface area contributed by atoms with Crippen molar-refractivity contribution in [3.63, 3.8) is 0 Å². The molecule has 29 heavy (non-hydrogen) atoms. The van der Waals surface area contributed by atoms with Crippen molar-refractivity contribution in [1.82, 2.24) is 4.57 Å². The van der Waals surface area contributed by atoms with Crippen molar-refractivity contribution in [3.05, 3.63) is 93.1 Å². The second kappa shape index (κ2) is 8.33. The molecule has 1 aromatic heterocycles. The lowest BCUT2D eigenvalue weighted by molar-refractivity contribution is -0.157. The van der Waals surface area contributed by atoms with Gasteiger partial charge >= 0.3 is 5.97 Å². The number of carbonyl (C=O) groups is 1. The molecule has 1 atom stereocenters. The van der Waals surface area contributed by atoms with E-state index in [0.29, 0.717) is 15.6 Å². The number of nitrogens with zero attached hydrogens (tertiary/aromatic N) is 1. The fraction of sp³-hybridized carbons (Fsp3) is 0.217. The van der Waals surface area contributed by atoms with Crippen LogP contribution >= 0.6 is 15.9 Å². The average molecular weight is 458 g/mol. The summed E-state index contributed by atoms with van der Waals surface area (Å²) in [4.78, 5) is 26.3. The van der Waals surface area contributed by atoms with Crippen LogP contribution in [0.15, 0.2) is 76.1 Å². The molecule has 4 nitrogen and oxygen atoms in total. The van der Waals surface area contributed by atoms with E-state index in [1.807, 2.05) is 30.3 Å². The summed E-state index contributed by atoms with van der Waals surface area (Å²) >= 11 is 3.31. The Hall–Kier alpha value is -2.73. The van der Waals surface area contributed by atoms with E-state index in [1.54, 1.807) is 32.9 Å². The molecule has 0 radical (unpaired) electrons. The normalized spacial score (nSPS) is 12.4. The zero-order valence-electron chi connectivity index (χ0n) is 16.4. The maximum absolute atomic E-state index is 14.7. The van der Waals surface area contributed by atoms with E-state index in [2.05, 4.69) is 15.9 Å². The van der Waals surface area contributed by atoms with Crippen molar-refractivity contribution in [2.24, 2.45) is 0 Å². The summed E-state index contributed by atoms with van der Waals surface area (Å²) in [6.07, 6.45) is 1.48. The van der Waals surface area contributed by atoms with Gasteiger partial charge in [-0.25, -0.2) is 9.18 Å². The fourth-order valence-electron chi connectivity index (χ4n) is 3.02. The van der Waals surface area contributed by atoms with Gasteiger partial charge in [-0.2, -0.15) is 0 Å². The van der Waals surface area contributed by atoms with Crippen LogP contribution in [-0.4, -0.2) is 16.1 Å². The second-order valence-electron chi connectivity index (χ2n) is 7.60. The minimum atomic E-state index is -1.26. The van der Waals surface area contributed by atoms with Gasteiger partial charge in [0.15, 0.2) is 6.04 Å². The van der Waals surface area contributed by atoms with Crippen LogP contribution in [0.3, 0.4) is 0 Å². The van der Waals surface area contributed by atoms with Crippen LogP contribution in [0, 0.1) is 5.82 Å². The number of aromatic nitrogens is 1. The van der Waals surface area contributed by atoms with Crippen LogP contribution in [0.25, 0.3) is 11.1 Å². The first-order valence-corrected chi connectivity index (χ1v) is 9.91. The summed E-state index contributed by atoms with van der Waals surface area (Å²) in [5.74, 6) is -1.30. The molecule has 0 aliphatic rings. The Morgan fingerprint density at radius 2 is 1.76 bits per heavy atom.